The number of aromatic nitrogens is 4. The molecule has 0 atom stereocenters. The first-order valence-corrected chi connectivity index (χ1v) is 7.01. The molecule has 0 fully saturated rings. The van der Waals surface area contributed by atoms with E-state index in [1.54, 1.807) is 6.92 Å². The number of nitrogens with zero attached hydrogens (tertiary/aromatic N) is 4. The molecule has 124 valence electrons. The fourth-order valence-electron chi connectivity index (χ4n) is 1.56. The summed E-state index contributed by atoms with van der Waals surface area (Å²) in [5.74, 6) is -3.41. The van der Waals surface area contributed by atoms with Crippen LogP contribution >= 0.6 is 11.3 Å². The molecule has 12 heteroatoms. The van der Waals surface area contributed by atoms with Crippen LogP contribution in [0, 0.1) is 0 Å². The standard InChI is InChI=1S/C11H10F3N5O3S/c1-2-6-17-7(9(21)22)8(23-6)16-5(20)3-19-4-15-10(18-19)11(12,13)14/h4H,2-3H2,1H3,(H,16,20)(H,21,22). The van der Waals surface area contributed by atoms with E-state index < -0.39 is 30.4 Å². The Hall–Kier alpha value is -2.50. The first kappa shape index (κ1) is 16.9. The van der Waals surface area contributed by atoms with Crippen molar-refractivity contribution in [3.63, 3.8) is 0 Å². The maximum Gasteiger partial charge on any atom is 0.453 e. The molecule has 0 saturated heterocycles. The van der Waals surface area contributed by atoms with Crippen molar-refractivity contribution in [2.45, 2.75) is 26.1 Å². The fourth-order valence-corrected chi connectivity index (χ4v) is 2.47. The number of thiazole rings is 1. The number of carboxylic acids is 1. The lowest BCUT2D eigenvalue weighted by molar-refractivity contribution is -0.145. The van der Waals surface area contributed by atoms with Gasteiger partial charge in [-0.3, -0.25) is 4.79 Å². The molecule has 23 heavy (non-hydrogen) atoms. The van der Waals surface area contributed by atoms with Gasteiger partial charge in [0.05, 0.1) is 5.01 Å². The topological polar surface area (TPSA) is 110 Å². The van der Waals surface area contributed by atoms with Gasteiger partial charge in [-0.25, -0.2) is 19.4 Å². The van der Waals surface area contributed by atoms with Crippen LogP contribution < -0.4 is 5.32 Å². The molecule has 0 aromatic carbocycles. The summed E-state index contributed by atoms with van der Waals surface area (Å²) in [4.78, 5) is 29.8. The molecule has 0 saturated carbocycles. The molecule has 0 spiro atoms. The Morgan fingerprint density at radius 2 is 2.13 bits per heavy atom. The van der Waals surface area contributed by atoms with Gasteiger partial charge in [0.2, 0.25) is 5.91 Å². The van der Waals surface area contributed by atoms with Gasteiger partial charge in [0.15, 0.2) is 5.69 Å². The number of amides is 1. The number of alkyl halides is 3. The highest BCUT2D eigenvalue weighted by molar-refractivity contribution is 7.16. The number of anilines is 1. The lowest BCUT2D eigenvalue weighted by Crippen LogP contribution is -2.20. The van der Waals surface area contributed by atoms with E-state index in [9.17, 15) is 22.8 Å². The van der Waals surface area contributed by atoms with Crippen molar-refractivity contribution in [2.75, 3.05) is 5.32 Å². The Morgan fingerprint density at radius 1 is 1.43 bits per heavy atom. The number of rotatable bonds is 5. The van der Waals surface area contributed by atoms with Gasteiger partial charge in [-0.05, 0) is 6.42 Å². The minimum absolute atomic E-state index is 0.0236. The highest BCUT2D eigenvalue weighted by atomic mass is 32.1. The van der Waals surface area contributed by atoms with E-state index in [4.69, 9.17) is 5.11 Å². The van der Waals surface area contributed by atoms with E-state index >= 15 is 0 Å². The van der Waals surface area contributed by atoms with Crippen molar-refractivity contribution in [3.05, 3.63) is 22.9 Å². The molecule has 2 heterocycles. The van der Waals surface area contributed by atoms with Crippen LogP contribution in [0.5, 0.6) is 0 Å². The summed E-state index contributed by atoms with van der Waals surface area (Å²) in [6.45, 7) is 1.23. The van der Waals surface area contributed by atoms with E-state index in [1.165, 1.54) is 0 Å². The number of halogens is 3. The Labute approximate surface area is 131 Å². The second-order valence-corrected chi connectivity index (χ2v) is 5.34. The van der Waals surface area contributed by atoms with Gasteiger partial charge in [-0.15, -0.1) is 16.4 Å². The molecule has 2 N–H and O–H groups in total. The number of nitrogens with one attached hydrogen (secondary N) is 1. The van der Waals surface area contributed by atoms with Gasteiger partial charge in [0.1, 0.15) is 17.9 Å². The zero-order valence-corrected chi connectivity index (χ0v) is 12.4. The quantitative estimate of drug-likeness (QED) is 0.849. The van der Waals surface area contributed by atoms with Gasteiger partial charge in [0.25, 0.3) is 5.82 Å². The lowest BCUT2D eigenvalue weighted by Gasteiger charge is -2.03. The number of hydrogen-bond donors (Lipinski definition) is 2. The summed E-state index contributed by atoms with van der Waals surface area (Å²) in [6, 6.07) is 0. The van der Waals surface area contributed by atoms with Crippen LogP contribution in [0.4, 0.5) is 18.2 Å². The van der Waals surface area contributed by atoms with Crippen molar-refractivity contribution in [1.82, 2.24) is 19.7 Å². The molecule has 0 aliphatic carbocycles. The number of carbonyl (C=O) groups excluding carboxylic acids is 1. The zero-order chi connectivity index (χ0) is 17.2. The molecular formula is C11H10F3N5O3S. The average Bonchev–Trinajstić information content (AvgIpc) is 3.04. The Morgan fingerprint density at radius 3 is 2.65 bits per heavy atom. The first-order chi connectivity index (χ1) is 10.7. The molecule has 0 aliphatic heterocycles. The van der Waals surface area contributed by atoms with Crippen LogP contribution in [-0.2, 0) is 23.9 Å². The van der Waals surface area contributed by atoms with Crippen LogP contribution in [0.15, 0.2) is 6.33 Å². The lowest BCUT2D eigenvalue weighted by atomic mass is 10.4. The third-order valence-electron chi connectivity index (χ3n) is 2.53. The number of hydrogen-bond acceptors (Lipinski definition) is 6. The van der Waals surface area contributed by atoms with E-state index in [1.807, 2.05) is 0 Å². The minimum Gasteiger partial charge on any atom is -0.476 e. The maximum absolute atomic E-state index is 12.4. The third kappa shape index (κ3) is 4.03. The molecular weight excluding hydrogens is 339 g/mol. The summed E-state index contributed by atoms with van der Waals surface area (Å²) >= 11 is 0.987. The van der Waals surface area contributed by atoms with E-state index in [-0.39, 0.29) is 10.7 Å². The Kier molecular flexibility index (Phi) is 4.63. The molecule has 1 amide bonds. The number of carbonyl (C=O) groups is 2. The highest BCUT2D eigenvalue weighted by Crippen LogP contribution is 2.26. The second-order valence-electron chi connectivity index (χ2n) is 4.26. The van der Waals surface area contributed by atoms with Gasteiger partial charge in [-0.2, -0.15) is 13.2 Å². The summed E-state index contributed by atoms with van der Waals surface area (Å²) in [7, 11) is 0. The van der Waals surface area contributed by atoms with Gasteiger partial charge < -0.3 is 10.4 Å². The fraction of sp³-hybridized carbons (Fsp3) is 0.364. The monoisotopic (exact) mass is 349 g/mol. The van der Waals surface area contributed by atoms with Crippen molar-refractivity contribution in [2.24, 2.45) is 0 Å². The summed E-state index contributed by atoms with van der Waals surface area (Å²) < 4.78 is 37.8. The normalized spacial score (nSPS) is 11.5. The second kappa shape index (κ2) is 6.32. The van der Waals surface area contributed by atoms with Crippen LogP contribution in [0.1, 0.15) is 28.2 Å². The maximum atomic E-state index is 12.4. The molecule has 0 bridgehead atoms. The largest absolute Gasteiger partial charge is 0.476 e. The number of aromatic carboxylic acids is 1. The Balaban J connectivity index is 2.09. The smallest absolute Gasteiger partial charge is 0.453 e. The number of carboxylic acid groups (broad SMARTS) is 1. The van der Waals surface area contributed by atoms with Crippen molar-refractivity contribution < 1.29 is 27.9 Å². The predicted molar refractivity (Wildman–Crippen MR) is 72.1 cm³/mol. The molecule has 2 aromatic heterocycles. The van der Waals surface area contributed by atoms with E-state index in [0.717, 1.165) is 17.7 Å². The van der Waals surface area contributed by atoms with Gasteiger partial charge in [0, 0.05) is 0 Å². The molecule has 0 radical (unpaired) electrons. The average molecular weight is 349 g/mol. The third-order valence-corrected chi connectivity index (χ3v) is 3.64. The van der Waals surface area contributed by atoms with Gasteiger partial charge in [-0.1, -0.05) is 6.92 Å². The van der Waals surface area contributed by atoms with E-state index in [2.05, 4.69) is 20.4 Å². The van der Waals surface area contributed by atoms with Crippen LogP contribution in [0.2, 0.25) is 0 Å². The van der Waals surface area contributed by atoms with Gasteiger partial charge >= 0.3 is 12.1 Å². The van der Waals surface area contributed by atoms with Crippen LogP contribution in [-0.4, -0.2) is 36.7 Å². The summed E-state index contributed by atoms with van der Waals surface area (Å²) in [5.41, 5.74) is -0.310. The van der Waals surface area contributed by atoms with Crippen molar-refractivity contribution in [3.8, 4) is 0 Å². The van der Waals surface area contributed by atoms with Crippen LogP contribution in [0.25, 0.3) is 0 Å². The SMILES string of the molecule is CCc1nc(C(=O)O)c(NC(=O)Cn2cnc(C(F)(F)F)n2)s1. The molecule has 0 unspecified atom stereocenters. The van der Waals surface area contributed by atoms with Crippen LogP contribution in [0.3, 0.4) is 0 Å². The zero-order valence-electron chi connectivity index (χ0n) is 11.6. The minimum atomic E-state index is -4.70. The number of aryl methyl sites for hydroxylation is 1. The van der Waals surface area contributed by atoms with Crippen molar-refractivity contribution >= 4 is 28.2 Å². The van der Waals surface area contributed by atoms with E-state index in [0.29, 0.717) is 16.1 Å². The Bertz CT molecular complexity index is 740. The van der Waals surface area contributed by atoms with Crippen molar-refractivity contribution in [1.29, 1.82) is 0 Å². The molecule has 8 nitrogen and oxygen atoms in total. The predicted octanol–water partition coefficient (Wildman–Crippen LogP) is 1.65. The molecule has 2 rings (SSSR count). The summed E-state index contributed by atoms with van der Waals surface area (Å²) in [5, 5.41) is 15.0. The summed E-state index contributed by atoms with van der Waals surface area (Å²) in [6.07, 6.45) is -3.45. The molecule has 0 aliphatic rings. The highest BCUT2D eigenvalue weighted by Gasteiger charge is 2.35. The molecule has 2 aromatic rings. The first-order valence-electron chi connectivity index (χ1n) is 6.20.